The number of benzene rings is 4. The molecule has 0 aliphatic carbocycles. The molecular weight excluding hydrogens is 604 g/mol. The molecule has 5 rings (SSSR count). The zero-order valence-electron chi connectivity index (χ0n) is 22.3. The van der Waals surface area contributed by atoms with Crippen molar-refractivity contribution < 1.29 is 19.4 Å². The van der Waals surface area contributed by atoms with Crippen LogP contribution in [0.1, 0.15) is 34.8 Å². The lowest BCUT2D eigenvalue weighted by Crippen LogP contribution is -2.49. The molecule has 0 aromatic heterocycles. The number of aliphatic hydroxyl groups excluding tert-OH is 1. The summed E-state index contributed by atoms with van der Waals surface area (Å²) in [5, 5.41) is 12.8. The molecule has 0 unspecified atom stereocenters. The molecule has 41 heavy (non-hydrogen) atoms. The number of halogens is 2. The number of rotatable bonds is 11. The van der Waals surface area contributed by atoms with Crippen molar-refractivity contribution in [2.45, 2.75) is 31.0 Å². The fourth-order valence-electron chi connectivity index (χ4n) is 4.76. The minimum Gasteiger partial charge on any atom is -0.494 e. The van der Waals surface area contributed by atoms with E-state index in [1.54, 1.807) is 12.1 Å². The maximum Gasteiger partial charge on any atom is 0.252 e. The summed E-state index contributed by atoms with van der Waals surface area (Å²) in [5.41, 5.74) is 2.21. The van der Waals surface area contributed by atoms with Crippen LogP contribution < -0.4 is 10.1 Å². The fraction of sp³-hybridized carbons (Fsp3) is 0.212. The fourth-order valence-corrected chi connectivity index (χ4v) is 5.15. The minimum atomic E-state index is -1.27. The summed E-state index contributed by atoms with van der Waals surface area (Å²) in [6, 6.07) is 32.5. The highest BCUT2D eigenvalue weighted by atomic mass is 79.9. The first-order valence-electron chi connectivity index (χ1n) is 13.4. The lowest BCUT2D eigenvalue weighted by atomic mass is 9.82. The molecule has 2 N–H and O–H groups in total. The van der Waals surface area contributed by atoms with Gasteiger partial charge in [-0.25, -0.2) is 4.99 Å². The number of nitrogens with zero attached hydrogens (tertiary/aromatic N) is 1. The van der Waals surface area contributed by atoms with Crippen molar-refractivity contribution in [3.8, 4) is 5.75 Å². The van der Waals surface area contributed by atoms with Gasteiger partial charge >= 0.3 is 0 Å². The van der Waals surface area contributed by atoms with Crippen LogP contribution in [0.2, 0.25) is 5.02 Å². The van der Waals surface area contributed by atoms with Crippen molar-refractivity contribution in [3.63, 3.8) is 0 Å². The van der Waals surface area contributed by atoms with Crippen molar-refractivity contribution in [2.24, 2.45) is 4.99 Å². The Morgan fingerprint density at radius 2 is 1.63 bits per heavy atom. The van der Waals surface area contributed by atoms with Gasteiger partial charge in [0.05, 0.1) is 6.61 Å². The molecule has 6 nitrogen and oxygen atoms in total. The van der Waals surface area contributed by atoms with E-state index < -0.39 is 11.6 Å². The van der Waals surface area contributed by atoms with E-state index in [0.717, 1.165) is 26.7 Å². The number of carbonyl (C=O) groups excluding carboxylic acids is 1. The smallest absolute Gasteiger partial charge is 0.252 e. The van der Waals surface area contributed by atoms with E-state index >= 15 is 0 Å². The van der Waals surface area contributed by atoms with Gasteiger partial charge in [-0.15, -0.1) is 0 Å². The molecule has 0 fully saturated rings. The Labute approximate surface area is 253 Å². The summed E-state index contributed by atoms with van der Waals surface area (Å²) in [6.07, 6.45) is 0.228. The number of aliphatic imine (C=N–C) groups is 1. The first-order chi connectivity index (χ1) is 20.0. The molecule has 1 aliphatic rings. The Hall–Kier alpha value is -3.65. The second-order valence-electron chi connectivity index (χ2n) is 9.81. The second-order valence-corrected chi connectivity index (χ2v) is 11.2. The molecule has 0 saturated carbocycles. The van der Waals surface area contributed by atoms with E-state index in [4.69, 9.17) is 31.2 Å². The molecule has 0 saturated heterocycles. The minimum absolute atomic E-state index is 0.0735. The van der Waals surface area contributed by atoms with E-state index in [0.29, 0.717) is 42.7 Å². The van der Waals surface area contributed by atoms with Crippen molar-refractivity contribution in [1.29, 1.82) is 0 Å². The molecule has 2 atom stereocenters. The number of carbonyl (C=O) groups is 1. The number of amides is 1. The Morgan fingerprint density at radius 3 is 2.32 bits per heavy atom. The lowest BCUT2D eigenvalue weighted by molar-refractivity contribution is -0.129. The van der Waals surface area contributed by atoms with Gasteiger partial charge in [-0.3, -0.25) is 4.79 Å². The number of ether oxygens (including phenoxy) is 2. The summed E-state index contributed by atoms with van der Waals surface area (Å²) in [7, 11) is 0. The van der Waals surface area contributed by atoms with Gasteiger partial charge < -0.3 is 19.9 Å². The number of hydrogen-bond acceptors (Lipinski definition) is 5. The predicted molar refractivity (Wildman–Crippen MR) is 164 cm³/mol. The van der Waals surface area contributed by atoms with Crippen molar-refractivity contribution in [3.05, 3.63) is 135 Å². The van der Waals surface area contributed by atoms with Gasteiger partial charge in [-0.05, 0) is 65.2 Å². The summed E-state index contributed by atoms with van der Waals surface area (Å²) in [4.78, 5) is 19.3. The summed E-state index contributed by atoms with van der Waals surface area (Å²) >= 11 is 9.57. The summed E-state index contributed by atoms with van der Waals surface area (Å²) < 4.78 is 13.2. The Balaban J connectivity index is 1.53. The zero-order valence-corrected chi connectivity index (χ0v) is 24.6. The number of aliphatic hydroxyl groups is 1. The molecule has 8 heteroatoms. The molecule has 4 aromatic carbocycles. The second kappa shape index (κ2) is 13.3. The van der Waals surface area contributed by atoms with Gasteiger partial charge in [0.2, 0.25) is 5.90 Å². The monoisotopic (exact) mass is 632 g/mol. The van der Waals surface area contributed by atoms with Crippen LogP contribution in [0.15, 0.2) is 113 Å². The van der Waals surface area contributed by atoms with Crippen LogP contribution in [-0.2, 0) is 22.5 Å². The van der Waals surface area contributed by atoms with Gasteiger partial charge in [-0.2, -0.15) is 0 Å². The quantitative estimate of drug-likeness (QED) is 0.181. The Kier molecular flexibility index (Phi) is 9.39. The number of nitrogens with one attached hydrogen (secondary N) is 1. The molecule has 0 bridgehead atoms. The maximum atomic E-state index is 14.3. The third-order valence-electron chi connectivity index (χ3n) is 6.89. The standard InChI is InChI=1S/C33H30BrClN2O4/c34-27-13-7-23(8-14-27)21-33(32(39)36-22-24-9-15-28(35)16-10-24)30(25-5-2-1-3-6-25)41-31(37-33)26-11-17-29(18-12-26)40-20-4-19-38/h1-3,5-18,30,38H,4,19-22H2,(H,36,39)/t30-,33-/m1/s1. The topological polar surface area (TPSA) is 80.2 Å². The van der Waals surface area contributed by atoms with E-state index in [2.05, 4.69) is 21.2 Å². The first kappa shape index (κ1) is 28.9. The zero-order chi connectivity index (χ0) is 28.7. The predicted octanol–water partition coefficient (Wildman–Crippen LogP) is 6.68. The van der Waals surface area contributed by atoms with Gasteiger partial charge in [0.15, 0.2) is 11.6 Å². The highest BCUT2D eigenvalue weighted by Gasteiger charge is 2.53. The maximum absolute atomic E-state index is 14.3. The van der Waals surface area contributed by atoms with E-state index in [1.807, 2.05) is 91.0 Å². The van der Waals surface area contributed by atoms with Crippen LogP contribution in [0.25, 0.3) is 0 Å². The van der Waals surface area contributed by atoms with Crippen LogP contribution in [-0.4, -0.2) is 35.7 Å². The highest BCUT2D eigenvalue weighted by molar-refractivity contribution is 9.10. The van der Waals surface area contributed by atoms with Crippen molar-refractivity contribution in [2.75, 3.05) is 13.2 Å². The van der Waals surface area contributed by atoms with Gasteiger partial charge in [0.25, 0.3) is 5.91 Å². The van der Waals surface area contributed by atoms with Crippen LogP contribution in [0, 0.1) is 0 Å². The molecular formula is C33H30BrClN2O4. The largest absolute Gasteiger partial charge is 0.494 e. The number of hydrogen-bond donors (Lipinski definition) is 2. The van der Waals surface area contributed by atoms with E-state index in [9.17, 15) is 4.79 Å². The normalized spacial score (nSPS) is 17.9. The van der Waals surface area contributed by atoms with Gasteiger partial charge in [0.1, 0.15) is 5.75 Å². The molecule has 1 amide bonds. The van der Waals surface area contributed by atoms with Crippen molar-refractivity contribution in [1.82, 2.24) is 5.32 Å². The average molecular weight is 634 g/mol. The molecule has 1 aliphatic heterocycles. The van der Waals surface area contributed by atoms with Gasteiger partial charge in [0, 0.05) is 41.1 Å². The first-order valence-corrected chi connectivity index (χ1v) is 14.6. The molecule has 1 heterocycles. The molecule has 0 spiro atoms. The highest BCUT2D eigenvalue weighted by Crippen LogP contribution is 2.42. The lowest BCUT2D eigenvalue weighted by Gasteiger charge is -2.31. The van der Waals surface area contributed by atoms with Crippen LogP contribution in [0.5, 0.6) is 5.75 Å². The Morgan fingerprint density at radius 1 is 0.951 bits per heavy atom. The van der Waals surface area contributed by atoms with Gasteiger partial charge in [-0.1, -0.05) is 82.1 Å². The summed E-state index contributed by atoms with van der Waals surface area (Å²) in [6.45, 7) is 0.821. The third kappa shape index (κ3) is 6.99. The van der Waals surface area contributed by atoms with Crippen LogP contribution in [0.3, 0.4) is 0 Å². The third-order valence-corrected chi connectivity index (χ3v) is 7.67. The molecule has 4 aromatic rings. The Bertz CT molecular complexity index is 1480. The van der Waals surface area contributed by atoms with Crippen LogP contribution in [0.4, 0.5) is 0 Å². The molecule has 0 radical (unpaired) electrons. The molecule has 210 valence electrons. The SMILES string of the molecule is O=C(NCc1ccc(Cl)cc1)[C@]1(Cc2ccc(Br)cc2)N=C(c2ccc(OCCCO)cc2)O[C@@H]1c1ccccc1. The average Bonchev–Trinajstić information content (AvgIpc) is 3.39. The van der Waals surface area contributed by atoms with E-state index in [-0.39, 0.29) is 12.5 Å². The van der Waals surface area contributed by atoms with Crippen molar-refractivity contribution >= 4 is 39.3 Å². The van der Waals surface area contributed by atoms with Crippen LogP contribution >= 0.6 is 27.5 Å². The summed E-state index contributed by atoms with van der Waals surface area (Å²) in [5.74, 6) is 0.838. The van der Waals surface area contributed by atoms with E-state index in [1.165, 1.54) is 0 Å².